The van der Waals surface area contributed by atoms with E-state index in [4.69, 9.17) is 0 Å². The summed E-state index contributed by atoms with van der Waals surface area (Å²) < 4.78 is 0. The highest BCUT2D eigenvalue weighted by molar-refractivity contribution is 4.60. The van der Waals surface area contributed by atoms with Crippen LogP contribution < -0.4 is 0 Å². The summed E-state index contributed by atoms with van der Waals surface area (Å²) in [6.07, 6.45) is 5.63. The van der Waals surface area contributed by atoms with Crippen LogP contribution in [-0.4, -0.2) is 21.6 Å². The van der Waals surface area contributed by atoms with Crippen LogP contribution in [0.25, 0.3) is 0 Å². The van der Waals surface area contributed by atoms with Crippen molar-refractivity contribution in [2.75, 3.05) is 6.61 Å². The molecule has 0 bridgehead atoms. The van der Waals surface area contributed by atoms with Crippen molar-refractivity contribution in [2.24, 2.45) is 0 Å². The van der Waals surface area contributed by atoms with Crippen molar-refractivity contribution in [3.05, 3.63) is 31.6 Å². The Labute approximate surface area is 59.3 Å². The first-order valence-electron chi connectivity index (χ1n) is 2.65. The Morgan fingerprint density at radius 2 is 1.50 bits per heavy atom. The molecule has 0 saturated heterocycles. The van der Waals surface area contributed by atoms with E-state index in [0.29, 0.717) is 0 Å². The topological polar surface area (TPSA) is 58.6 Å². The molecule has 10 heavy (non-hydrogen) atoms. The van der Waals surface area contributed by atoms with Crippen LogP contribution >= 0.6 is 0 Å². The molecule has 0 unspecified atom stereocenters. The largest absolute Gasteiger partial charge is 0.232 e. The van der Waals surface area contributed by atoms with Gasteiger partial charge in [-0.1, -0.05) is 6.08 Å². The van der Waals surface area contributed by atoms with Crippen LogP contribution in [0.5, 0.6) is 0 Å². The Balaban J connectivity index is 0.000000180. The second-order valence-electron chi connectivity index (χ2n) is 1.25. The van der Waals surface area contributed by atoms with Crippen LogP contribution in [0, 0.1) is 0 Å². The average Bonchev–Trinajstić information content (AvgIpc) is 2.08. The SMILES string of the molecule is C=CC[O].c1ncncn1. The molecule has 0 aliphatic heterocycles. The van der Waals surface area contributed by atoms with Gasteiger partial charge in [0.25, 0.3) is 0 Å². The molecular weight excluding hydrogens is 130 g/mol. The summed E-state index contributed by atoms with van der Waals surface area (Å²) in [5.41, 5.74) is 0. The second-order valence-corrected chi connectivity index (χ2v) is 1.25. The highest BCUT2D eigenvalue weighted by atomic mass is 16.2. The Bertz CT molecular complexity index is 128. The van der Waals surface area contributed by atoms with Gasteiger partial charge in [0.2, 0.25) is 0 Å². The van der Waals surface area contributed by atoms with Crippen molar-refractivity contribution in [3.63, 3.8) is 0 Å². The van der Waals surface area contributed by atoms with Crippen molar-refractivity contribution in [2.45, 2.75) is 0 Å². The molecule has 0 aromatic carbocycles. The summed E-state index contributed by atoms with van der Waals surface area (Å²) in [6.45, 7) is 3.00. The van der Waals surface area contributed by atoms with Crippen molar-refractivity contribution in [1.82, 2.24) is 15.0 Å². The molecular formula is C6H8N3O. The third kappa shape index (κ3) is 6.71. The van der Waals surface area contributed by atoms with Crippen molar-refractivity contribution in [1.29, 1.82) is 0 Å². The maximum atomic E-state index is 9.18. The van der Waals surface area contributed by atoms with Gasteiger partial charge in [0.1, 0.15) is 25.6 Å². The first-order chi connectivity index (χ1) is 4.91. The summed E-state index contributed by atoms with van der Waals surface area (Å²) in [5, 5.41) is 9.18. The number of nitrogens with zero attached hydrogens (tertiary/aromatic N) is 3. The van der Waals surface area contributed by atoms with Gasteiger partial charge in [-0.2, -0.15) is 0 Å². The lowest BCUT2D eigenvalue weighted by Gasteiger charge is -1.69. The fourth-order valence-electron chi connectivity index (χ4n) is 0.205. The molecule has 0 N–H and O–H groups in total. The highest BCUT2D eigenvalue weighted by Gasteiger charge is 1.59. The molecule has 1 aromatic rings. The van der Waals surface area contributed by atoms with Gasteiger partial charge in [0.05, 0.1) is 0 Å². The predicted octanol–water partition coefficient (Wildman–Crippen LogP) is 0.474. The molecule has 0 atom stereocenters. The van der Waals surface area contributed by atoms with Gasteiger partial charge in [0.15, 0.2) is 0 Å². The second kappa shape index (κ2) is 7.71. The van der Waals surface area contributed by atoms with Crippen molar-refractivity contribution < 1.29 is 5.11 Å². The van der Waals surface area contributed by atoms with Crippen LogP contribution in [0.1, 0.15) is 0 Å². The van der Waals surface area contributed by atoms with Gasteiger partial charge >= 0.3 is 0 Å². The van der Waals surface area contributed by atoms with Crippen LogP contribution in [0.4, 0.5) is 0 Å². The number of hydrogen-bond acceptors (Lipinski definition) is 3. The number of aromatic nitrogens is 3. The Kier molecular flexibility index (Phi) is 6.72. The minimum absolute atomic E-state index is 0.167. The standard InChI is InChI=1S/C3H3N3.C3H5O/c1-4-2-6-3-5-1;1-2-3-4/h1-3H;2H,1,3H2. The van der Waals surface area contributed by atoms with E-state index < -0.39 is 0 Å². The molecule has 1 aromatic heterocycles. The summed E-state index contributed by atoms with van der Waals surface area (Å²) >= 11 is 0. The number of hydrogen-bond donors (Lipinski definition) is 0. The molecule has 1 radical (unpaired) electrons. The Hall–Kier alpha value is -1.29. The van der Waals surface area contributed by atoms with E-state index in [0.717, 1.165) is 0 Å². The Morgan fingerprint density at radius 1 is 1.20 bits per heavy atom. The van der Waals surface area contributed by atoms with Crippen LogP contribution in [-0.2, 0) is 5.11 Å². The monoisotopic (exact) mass is 138 g/mol. The molecule has 4 heteroatoms. The molecule has 0 saturated carbocycles. The third-order valence-electron chi connectivity index (χ3n) is 0.518. The van der Waals surface area contributed by atoms with E-state index in [1.807, 2.05) is 0 Å². The molecule has 0 fully saturated rings. The van der Waals surface area contributed by atoms with E-state index >= 15 is 0 Å². The Morgan fingerprint density at radius 3 is 1.60 bits per heavy atom. The normalized spacial score (nSPS) is 7.30. The molecule has 4 nitrogen and oxygen atoms in total. The molecule has 0 amide bonds. The number of rotatable bonds is 1. The van der Waals surface area contributed by atoms with E-state index in [1.165, 1.54) is 25.1 Å². The maximum absolute atomic E-state index is 9.18. The average molecular weight is 138 g/mol. The molecule has 0 aliphatic carbocycles. The first-order valence-corrected chi connectivity index (χ1v) is 2.65. The molecule has 53 valence electrons. The molecule has 1 rings (SSSR count). The van der Waals surface area contributed by atoms with Gasteiger partial charge in [-0.15, -0.1) is 6.58 Å². The zero-order valence-corrected chi connectivity index (χ0v) is 5.47. The zero-order chi connectivity index (χ0) is 7.66. The van der Waals surface area contributed by atoms with E-state index in [2.05, 4.69) is 21.5 Å². The fourth-order valence-corrected chi connectivity index (χ4v) is 0.205. The quantitative estimate of drug-likeness (QED) is 0.530. The van der Waals surface area contributed by atoms with Crippen LogP contribution in [0.15, 0.2) is 31.6 Å². The highest BCUT2D eigenvalue weighted by Crippen LogP contribution is 1.57. The van der Waals surface area contributed by atoms with Gasteiger partial charge < -0.3 is 0 Å². The summed E-state index contributed by atoms with van der Waals surface area (Å²) in [7, 11) is 0. The third-order valence-corrected chi connectivity index (χ3v) is 0.518. The van der Waals surface area contributed by atoms with Crippen molar-refractivity contribution in [3.8, 4) is 0 Å². The fraction of sp³-hybridized carbons (Fsp3) is 0.167. The van der Waals surface area contributed by atoms with Gasteiger partial charge in [-0.05, 0) is 0 Å². The predicted molar refractivity (Wildman–Crippen MR) is 35.6 cm³/mol. The minimum Gasteiger partial charge on any atom is -0.232 e. The van der Waals surface area contributed by atoms with Gasteiger partial charge in [0, 0.05) is 0 Å². The summed E-state index contributed by atoms with van der Waals surface area (Å²) in [4.78, 5) is 10.7. The van der Waals surface area contributed by atoms with Crippen LogP contribution in [0.3, 0.4) is 0 Å². The minimum atomic E-state index is -0.167. The molecule has 1 heterocycles. The van der Waals surface area contributed by atoms with E-state index in [9.17, 15) is 5.11 Å². The summed E-state index contributed by atoms with van der Waals surface area (Å²) in [6, 6.07) is 0. The molecule has 0 spiro atoms. The zero-order valence-electron chi connectivity index (χ0n) is 5.47. The molecule has 0 aliphatic rings. The van der Waals surface area contributed by atoms with Crippen LogP contribution in [0.2, 0.25) is 0 Å². The lowest BCUT2D eigenvalue weighted by atomic mass is 10.7. The lowest BCUT2D eigenvalue weighted by molar-refractivity contribution is 0.232. The van der Waals surface area contributed by atoms with E-state index in [1.54, 1.807) is 0 Å². The summed E-state index contributed by atoms with van der Waals surface area (Å²) in [5.74, 6) is 0. The lowest BCUT2D eigenvalue weighted by Crippen LogP contribution is -1.73. The van der Waals surface area contributed by atoms with E-state index in [-0.39, 0.29) is 6.61 Å². The first kappa shape index (κ1) is 8.71. The maximum Gasteiger partial charge on any atom is 0.119 e. The van der Waals surface area contributed by atoms with Gasteiger partial charge in [-0.3, -0.25) is 0 Å². The van der Waals surface area contributed by atoms with Crippen molar-refractivity contribution >= 4 is 0 Å². The smallest absolute Gasteiger partial charge is 0.119 e. The van der Waals surface area contributed by atoms with Gasteiger partial charge in [-0.25, -0.2) is 20.1 Å².